The van der Waals surface area contributed by atoms with E-state index in [0.717, 1.165) is 4.90 Å². The molecular formula is C13H12ClNO4S. The van der Waals surface area contributed by atoms with Gasteiger partial charge in [-0.25, -0.2) is 4.90 Å². The molecule has 1 atom stereocenters. The van der Waals surface area contributed by atoms with Gasteiger partial charge in [0, 0.05) is 17.2 Å². The minimum Gasteiger partial charge on any atom is -0.481 e. The number of thioether (sulfide) groups is 1. The van der Waals surface area contributed by atoms with E-state index < -0.39 is 11.2 Å². The van der Waals surface area contributed by atoms with E-state index in [0.29, 0.717) is 16.5 Å². The Hall–Kier alpha value is -1.53. The third-order valence-electron chi connectivity index (χ3n) is 2.83. The van der Waals surface area contributed by atoms with Crippen molar-refractivity contribution in [3.8, 4) is 0 Å². The molecule has 1 aromatic carbocycles. The lowest BCUT2D eigenvalue weighted by Crippen LogP contribution is -2.31. The molecule has 1 heterocycles. The second kappa shape index (κ2) is 6.28. The van der Waals surface area contributed by atoms with Crippen LogP contribution in [0.4, 0.5) is 5.69 Å². The molecule has 20 heavy (non-hydrogen) atoms. The van der Waals surface area contributed by atoms with E-state index in [1.165, 1.54) is 11.8 Å². The Morgan fingerprint density at radius 1 is 1.35 bits per heavy atom. The van der Waals surface area contributed by atoms with Crippen LogP contribution in [0.25, 0.3) is 0 Å². The third kappa shape index (κ3) is 3.32. The molecule has 0 spiro atoms. The van der Waals surface area contributed by atoms with Gasteiger partial charge in [0.25, 0.3) is 0 Å². The first-order chi connectivity index (χ1) is 9.49. The molecule has 1 aromatic rings. The first-order valence-electron chi connectivity index (χ1n) is 5.95. The average molecular weight is 314 g/mol. The molecule has 1 fully saturated rings. The van der Waals surface area contributed by atoms with Gasteiger partial charge in [-0.05, 0) is 24.3 Å². The molecule has 106 valence electrons. The number of hydrogen-bond acceptors (Lipinski definition) is 4. The fraction of sp³-hybridized carbons (Fsp3) is 0.308. The van der Waals surface area contributed by atoms with Crippen LogP contribution in [0.1, 0.15) is 12.8 Å². The normalized spacial score (nSPS) is 18.6. The molecule has 0 aliphatic carbocycles. The molecule has 2 rings (SSSR count). The minimum absolute atomic E-state index is 0.0242. The zero-order valence-electron chi connectivity index (χ0n) is 10.4. The van der Waals surface area contributed by atoms with E-state index >= 15 is 0 Å². The summed E-state index contributed by atoms with van der Waals surface area (Å²) in [4.78, 5) is 35.7. The Kier molecular flexibility index (Phi) is 4.67. The SMILES string of the molecule is O=C(O)CCSC1CC(=O)N(c2ccc(Cl)cc2)C1=O. The van der Waals surface area contributed by atoms with Crippen molar-refractivity contribution in [2.45, 2.75) is 18.1 Å². The molecule has 0 bridgehead atoms. The highest BCUT2D eigenvalue weighted by Gasteiger charge is 2.39. The molecule has 5 nitrogen and oxygen atoms in total. The zero-order chi connectivity index (χ0) is 14.7. The molecule has 1 aliphatic heterocycles. The number of rotatable bonds is 5. The number of anilines is 1. The molecule has 1 N–H and O–H groups in total. The highest BCUT2D eigenvalue weighted by Crippen LogP contribution is 2.30. The summed E-state index contributed by atoms with van der Waals surface area (Å²) in [7, 11) is 0. The lowest BCUT2D eigenvalue weighted by atomic mass is 10.3. The van der Waals surface area contributed by atoms with Gasteiger partial charge in [0.05, 0.1) is 17.4 Å². The van der Waals surface area contributed by atoms with Crippen LogP contribution in [-0.2, 0) is 14.4 Å². The quantitative estimate of drug-likeness (QED) is 0.843. The summed E-state index contributed by atoms with van der Waals surface area (Å²) in [6.07, 6.45) is 0.0787. The van der Waals surface area contributed by atoms with Crippen LogP contribution in [0.5, 0.6) is 0 Å². The van der Waals surface area contributed by atoms with Gasteiger partial charge >= 0.3 is 5.97 Å². The molecule has 1 aliphatic rings. The molecule has 0 radical (unpaired) electrons. The number of carbonyl (C=O) groups is 3. The highest BCUT2D eigenvalue weighted by molar-refractivity contribution is 8.00. The Bertz CT molecular complexity index is 546. The molecule has 0 aromatic heterocycles. The number of aliphatic carboxylic acids is 1. The summed E-state index contributed by atoms with van der Waals surface area (Å²) < 4.78 is 0. The fourth-order valence-corrected chi connectivity index (χ4v) is 3.10. The molecule has 0 saturated carbocycles. The monoisotopic (exact) mass is 313 g/mol. The first-order valence-corrected chi connectivity index (χ1v) is 7.37. The summed E-state index contributed by atoms with van der Waals surface area (Å²) in [6, 6.07) is 6.45. The third-order valence-corrected chi connectivity index (χ3v) is 4.29. The second-order valence-corrected chi connectivity index (χ2v) is 6.00. The van der Waals surface area contributed by atoms with Gasteiger partial charge in [0.1, 0.15) is 0 Å². The van der Waals surface area contributed by atoms with Gasteiger partial charge in [0.2, 0.25) is 11.8 Å². The van der Waals surface area contributed by atoms with Gasteiger partial charge in [0.15, 0.2) is 0 Å². The lowest BCUT2D eigenvalue weighted by molar-refractivity contribution is -0.136. The topological polar surface area (TPSA) is 74.7 Å². The van der Waals surface area contributed by atoms with Gasteiger partial charge in [-0.3, -0.25) is 14.4 Å². The lowest BCUT2D eigenvalue weighted by Gasteiger charge is -2.14. The van der Waals surface area contributed by atoms with E-state index in [4.69, 9.17) is 16.7 Å². The van der Waals surface area contributed by atoms with Gasteiger partial charge < -0.3 is 5.11 Å². The van der Waals surface area contributed by atoms with Crippen LogP contribution in [-0.4, -0.2) is 33.9 Å². The maximum atomic E-state index is 12.2. The van der Waals surface area contributed by atoms with Gasteiger partial charge in [-0.1, -0.05) is 11.6 Å². The summed E-state index contributed by atoms with van der Waals surface area (Å²) in [6.45, 7) is 0. The molecular weight excluding hydrogens is 302 g/mol. The number of halogens is 1. The van der Waals surface area contributed by atoms with E-state index in [2.05, 4.69) is 0 Å². The summed E-state index contributed by atoms with van der Waals surface area (Å²) >= 11 is 6.98. The maximum Gasteiger partial charge on any atom is 0.304 e. The van der Waals surface area contributed by atoms with Crippen LogP contribution in [0.3, 0.4) is 0 Å². The minimum atomic E-state index is -0.913. The van der Waals surface area contributed by atoms with E-state index in [1.807, 2.05) is 0 Å². The van der Waals surface area contributed by atoms with Crippen LogP contribution < -0.4 is 4.90 Å². The van der Waals surface area contributed by atoms with Crippen LogP contribution >= 0.6 is 23.4 Å². The maximum absolute atomic E-state index is 12.2. The van der Waals surface area contributed by atoms with Crippen LogP contribution in [0.2, 0.25) is 5.02 Å². The van der Waals surface area contributed by atoms with Crippen molar-refractivity contribution in [2.24, 2.45) is 0 Å². The summed E-state index contributed by atoms with van der Waals surface area (Å²) in [5.74, 6) is -1.17. The number of nitrogens with zero attached hydrogens (tertiary/aromatic N) is 1. The van der Waals surface area contributed by atoms with Crippen molar-refractivity contribution in [3.05, 3.63) is 29.3 Å². The largest absolute Gasteiger partial charge is 0.481 e. The average Bonchev–Trinajstić information content (AvgIpc) is 2.66. The standard InChI is InChI=1S/C13H12ClNO4S/c14-8-1-3-9(4-2-8)15-11(16)7-10(13(15)19)20-6-5-12(17)18/h1-4,10H,5-7H2,(H,17,18). The Morgan fingerprint density at radius 3 is 2.60 bits per heavy atom. The van der Waals surface area contributed by atoms with E-state index in [1.54, 1.807) is 24.3 Å². The summed E-state index contributed by atoms with van der Waals surface area (Å²) in [5.41, 5.74) is 0.491. The van der Waals surface area contributed by atoms with Gasteiger partial charge in [-0.2, -0.15) is 0 Å². The molecule has 1 unspecified atom stereocenters. The Labute approximate surface area is 124 Å². The van der Waals surface area contributed by atoms with E-state index in [-0.39, 0.29) is 24.7 Å². The van der Waals surface area contributed by atoms with Gasteiger partial charge in [-0.15, -0.1) is 11.8 Å². The first kappa shape index (κ1) is 14.9. The second-order valence-electron chi connectivity index (χ2n) is 4.25. The number of imide groups is 1. The number of carboxylic acid groups (broad SMARTS) is 1. The smallest absolute Gasteiger partial charge is 0.304 e. The zero-order valence-corrected chi connectivity index (χ0v) is 12.0. The van der Waals surface area contributed by atoms with Crippen molar-refractivity contribution in [1.29, 1.82) is 0 Å². The Morgan fingerprint density at radius 2 is 2.00 bits per heavy atom. The molecule has 7 heteroatoms. The molecule has 2 amide bonds. The number of carbonyl (C=O) groups excluding carboxylic acids is 2. The van der Waals surface area contributed by atoms with Crippen molar-refractivity contribution >= 4 is 46.8 Å². The van der Waals surface area contributed by atoms with Crippen molar-refractivity contribution in [2.75, 3.05) is 10.7 Å². The summed E-state index contributed by atoms with van der Waals surface area (Å²) in [5, 5.41) is 8.60. The van der Waals surface area contributed by atoms with Crippen molar-refractivity contribution in [1.82, 2.24) is 0 Å². The van der Waals surface area contributed by atoms with Crippen LogP contribution in [0.15, 0.2) is 24.3 Å². The Balaban J connectivity index is 2.05. The number of carboxylic acids is 1. The van der Waals surface area contributed by atoms with Crippen LogP contribution in [0, 0.1) is 0 Å². The highest BCUT2D eigenvalue weighted by atomic mass is 35.5. The van der Waals surface area contributed by atoms with Crippen molar-refractivity contribution in [3.63, 3.8) is 0 Å². The van der Waals surface area contributed by atoms with E-state index in [9.17, 15) is 14.4 Å². The van der Waals surface area contributed by atoms with Crippen molar-refractivity contribution < 1.29 is 19.5 Å². The fourth-order valence-electron chi connectivity index (χ4n) is 1.88. The number of amides is 2. The number of hydrogen-bond donors (Lipinski definition) is 1. The predicted molar refractivity (Wildman–Crippen MR) is 77.1 cm³/mol. The number of benzene rings is 1. The molecule has 1 saturated heterocycles. The predicted octanol–water partition coefficient (Wildman–Crippen LogP) is 2.18.